The molecule has 0 unspecified atom stereocenters. The number of ether oxygens (including phenoxy) is 2. The zero-order valence-electron chi connectivity index (χ0n) is 30.4. The summed E-state index contributed by atoms with van der Waals surface area (Å²) in [5, 5.41) is 16.4. The van der Waals surface area contributed by atoms with Crippen LogP contribution in [0.4, 0.5) is 11.4 Å². The lowest BCUT2D eigenvalue weighted by Gasteiger charge is -2.36. The lowest BCUT2D eigenvalue weighted by Crippen LogP contribution is -2.31. The molecule has 3 atom stereocenters. The second-order valence-electron chi connectivity index (χ2n) is 13.4. The minimum absolute atomic E-state index is 0.000314. The highest BCUT2D eigenvalue weighted by Crippen LogP contribution is 2.40. The van der Waals surface area contributed by atoms with E-state index in [1.54, 1.807) is 30.1 Å². The Labute approximate surface area is 321 Å². The average molecular weight is 745 g/mol. The van der Waals surface area contributed by atoms with Gasteiger partial charge in [0.25, 0.3) is 0 Å². The van der Waals surface area contributed by atoms with Crippen molar-refractivity contribution >= 4 is 35.0 Å². The Bertz CT molecular complexity index is 1940. The number of para-hydroxylation sites is 2. The molecule has 0 radical (unpaired) electrons. The van der Waals surface area contributed by atoms with E-state index in [9.17, 15) is 14.7 Å². The van der Waals surface area contributed by atoms with Gasteiger partial charge in [0.1, 0.15) is 0 Å². The maximum Gasteiger partial charge on any atom is 0.224 e. The fourth-order valence-corrected chi connectivity index (χ4v) is 7.32. The van der Waals surface area contributed by atoms with Gasteiger partial charge in [0.15, 0.2) is 6.29 Å². The molecule has 9 nitrogen and oxygen atoms in total. The van der Waals surface area contributed by atoms with Crippen LogP contribution in [0.25, 0.3) is 11.1 Å². The van der Waals surface area contributed by atoms with Crippen molar-refractivity contribution in [3.63, 3.8) is 0 Å². The van der Waals surface area contributed by atoms with Crippen molar-refractivity contribution in [3.05, 3.63) is 144 Å². The molecule has 1 aromatic heterocycles. The Kier molecular flexibility index (Phi) is 14.3. The number of hydrogen-bond donors (Lipinski definition) is 4. The fraction of sp³-hybridized carbons (Fsp3) is 0.295. The summed E-state index contributed by atoms with van der Waals surface area (Å²) >= 11 is 1.67. The lowest BCUT2D eigenvalue weighted by atomic mass is 9.97. The van der Waals surface area contributed by atoms with Crippen molar-refractivity contribution in [2.24, 2.45) is 0 Å². The van der Waals surface area contributed by atoms with E-state index >= 15 is 0 Å². The predicted molar refractivity (Wildman–Crippen MR) is 214 cm³/mol. The number of amides is 2. The Balaban J connectivity index is 1.00. The molecule has 4 aromatic carbocycles. The first-order valence-corrected chi connectivity index (χ1v) is 19.6. The number of rotatable bonds is 17. The Morgan fingerprint density at radius 3 is 2.22 bits per heavy atom. The van der Waals surface area contributed by atoms with E-state index in [-0.39, 0.29) is 30.6 Å². The van der Waals surface area contributed by atoms with Gasteiger partial charge in [0, 0.05) is 43.3 Å². The molecule has 280 valence electrons. The van der Waals surface area contributed by atoms with Crippen LogP contribution in [0.3, 0.4) is 0 Å². The van der Waals surface area contributed by atoms with Gasteiger partial charge in [0.2, 0.25) is 11.8 Å². The summed E-state index contributed by atoms with van der Waals surface area (Å²) < 4.78 is 13.1. The van der Waals surface area contributed by atoms with E-state index in [2.05, 4.69) is 45.9 Å². The van der Waals surface area contributed by atoms with Crippen molar-refractivity contribution in [2.75, 3.05) is 16.8 Å². The van der Waals surface area contributed by atoms with Gasteiger partial charge in [-0.2, -0.15) is 0 Å². The van der Waals surface area contributed by atoms with Gasteiger partial charge < -0.3 is 30.9 Å². The molecule has 6 rings (SSSR count). The van der Waals surface area contributed by atoms with Crippen molar-refractivity contribution < 1.29 is 24.2 Å². The molecular weight excluding hydrogens is 697 g/mol. The van der Waals surface area contributed by atoms with Crippen LogP contribution in [0, 0.1) is 0 Å². The normalized spacial score (nSPS) is 16.8. The number of nitrogens with two attached hydrogens (primary N) is 1. The number of aliphatic hydroxyl groups is 1. The first-order valence-electron chi connectivity index (χ1n) is 18.6. The molecule has 10 heteroatoms. The second kappa shape index (κ2) is 19.9. The largest absolute Gasteiger partial charge is 0.397 e. The smallest absolute Gasteiger partial charge is 0.224 e. The number of hydrogen-bond acceptors (Lipinski definition) is 8. The minimum atomic E-state index is -0.551. The highest BCUT2D eigenvalue weighted by Gasteiger charge is 2.32. The molecule has 54 heavy (non-hydrogen) atoms. The molecule has 0 aliphatic carbocycles. The monoisotopic (exact) mass is 744 g/mol. The number of unbranched alkanes of at least 4 members (excludes halogenated alkanes) is 3. The van der Waals surface area contributed by atoms with E-state index in [0.29, 0.717) is 37.2 Å². The van der Waals surface area contributed by atoms with Crippen LogP contribution in [0.1, 0.15) is 79.6 Å². The van der Waals surface area contributed by atoms with E-state index < -0.39 is 6.29 Å². The number of aliphatic hydroxyl groups excluding tert-OH is 1. The Morgan fingerprint density at radius 1 is 0.778 bits per heavy atom. The maximum absolute atomic E-state index is 12.7. The van der Waals surface area contributed by atoms with Crippen LogP contribution in [-0.2, 0) is 32.2 Å². The van der Waals surface area contributed by atoms with Gasteiger partial charge >= 0.3 is 0 Å². The number of nitrogens with zero attached hydrogens (tertiary/aromatic N) is 1. The summed E-state index contributed by atoms with van der Waals surface area (Å²) in [5.74, 6) is 0.703. The van der Waals surface area contributed by atoms with Gasteiger partial charge in [-0.05, 0) is 64.9 Å². The summed E-state index contributed by atoms with van der Waals surface area (Å²) in [5.41, 5.74) is 13.1. The standard InChI is InChI=1S/C44H48N4O5S/c45-38-13-7-8-14-39(38)48-42(51)16-4-2-1-3-15-41(50)47-28-35-11-5-6-12-37(35)32-22-24-34(25-23-32)44-52-36(30-54-43-17-9-10-26-46-43)27-40(53-44)33-20-18-31(29-49)19-21-33/h5-14,17-26,36,40,44,49H,1-4,15-16,27-30,45H2,(H,47,50)(H,48,51)/t36-,40+,44+/m1/s1. The third-order valence-corrected chi connectivity index (χ3v) is 10.5. The minimum Gasteiger partial charge on any atom is -0.397 e. The van der Waals surface area contributed by atoms with Crippen LogP contribution in [-0.4, -0.2) is 33.8 Å². The Morgan fingerprint density at radius 2 is 1.48 bits per heavy atom. The number of carbonyl (C=O) groups is 2. The number of pyridine rings is 1. The predicted octanol–water partition coefficient (Wildman–Crippen LogP) is 8.76. The fourth-order valence-electron chi connectivity index (χ4n) is 6.44. The van der Waals surface area contributed by atoms with Gasteiger partial charge in [-0.3, -0.25) is 9.59 Å². The van der Waals surface area contributed by atoms with Crippen molar-refractivity contribution in [3.8, 4) is 11.1 Å². The summed E-state index contributed by atoms with van der Waals surface area (Å²) in [6, 6.07) is 37.4. The van der Waals surface area contributed by atoms with Gasteiger partial charge in [0.05, 0.1) is 35.2 Å². The summed E-state index contributed by atoms with van der Waals surface area (Å²) in [6.45, 7) is 0.431. The Hall–Kier alpha value is -5.00. The second-order valence-corrected chi connectivity index (χ2v) is 14.5. The number of nitrogen functional groups attached to an aromatic ring is 1. The molecule has 0 bridgehead atoms. The quantitative estimate of drug-likeness (QED) is 0.0422. The van der Waals surface area contributed by atoms with Crippen LogP contribution >= 0.6 is 11.8 Å². The van der Waals surface area contributed by atoms with Gasteiger partial charge in [-0.1, -0.05) is 104 Å². The molecule has 0 saturated carbocycles. The number of thioether (sulfide) groups is 1. The summed E-state index contributed by atoms with van der Waals surface area (Å²) in [6.07, 6.45) is 5.88. The molecule has 1 fully saturated rings. The van der Waals surface area contributed by atoms with E-state index in [0.717, 1.165) is 69.8 Å². The molecule has 5 aromatic rings. The highest BCUT2D eigenvalue weighted by molar-refractivity contribution is 7.99. The third kappa shape index (κ3) is 11.3. The molecule has 2 amide bonds. The van der Waals surface area contributed by atoms with E-state index in [1.165, 1.54) is 0 Å². The molecule has 0 spiro atoms. The third-order valence-electron chi connectivity index (χ3n) is 9.45. The van der Waals surface area contributed by atoms with E-state index in [1.807, 2.05) is 72.8 Å². The number of aromatic nitrogens is 1. The number of carbonyl (C=O) groups excluding carboxylic acids is 2. The summed E-state index contributed by atoms with van der Waals surface area (Å²) in [7, 11) is 0. The van der Waals surface area contributed by atoms with Crippen molar-refractivity contribution in [2.45, 2.75) is 81.6 Å². The molecule has 1 aliphatic heterocycles. The number of benzene rings is 4. The first kappa shape index (κ1) is 38.7. The zero-order valence-corrected chi connectivity index (χ0v) is 31.2. The zero-order chi connectivity index (χ0) is 37.5. The molecule has 1 saturated heterocycles. The number of nitrogens with one attached hydrogen (secondary N) is 2. The topological polar surface area (TPSA) is 136 Å². The van der Waals surface area contributed by atoms with Crippen LogP contribution in [0.5, 0.6) is 0 Å². The number of anilines is 2. The molecule has 5 N–H and O–H groups in total. The SMILES string of the molecule is Nc1ccccc1NC(=O)CCCCCCC(=O)NCc1ccccc1-c1ccc([C@H]2O[C@@H](CSc3ccccn3)C[C@@H](c3ccc(CO)cc3)O2)cc1. The van der Waals surface area contributed by atoms with Crippen LogP contribution in [0.15, 0.2) is 126 Å². The van der Waals surface area contributed by atoms with E-state index in [4.69, 9.17) is 15.2 Å². The highest BCUT2D eigenvalue weighted by atomic mass is 32.2. The van der Waals surface area contributed by atoms with Gasteiger partial charge in [-0.15, -0.1) is 11.8 Å². The molecule has 1 aliphatic rings. The van der Waals surface area contributed by atoms with Crippen molar-refractivity contribution in [1.29, 1.82) is 0 Å². The van der Waals surface area contributed by atoms with Crippen LogP contribution in [0.2, 0.25) is 0 Å². The lowest BCUT2D eigenvalue weighted by molar-refractivity contribution is -0.245. The molecule has 2 heterocycles. The van der Waals surface area contributed by atoms with Crippen molar-refractivity contribution in [1.82, 2.24) is 10.3 Å². The van der Waals surface area contributed by atoms with Gasteiger partial charge in [-0.25, -0.2) is 4.98 Å². The van der Waals surface area contributed by atoms with Crippen LogP contribution < -0.4 is 16.4 Å². The average Bonchev–Trinajstić information content (AvgIpc) is 3.22. The first-order chi connectivity index (χ1) is 26.4. The summed E-state index contributed by atoms with van der Waals surface area (Å²) in [4.78, 5) is 29.5. The molecular formula is C44H48N4O5S. The maximum atomic E-state index is 12.7.